The summed E-state index contributed by atoms with van der Waals surface area (Å²) in [5.41, 5.74) is -1.91. The second-order valence-electron chi connectivity index (χ2n) is 4.92. The third-order valence-corrected chi connectivity index (χ3v) is 2.36. The summed E-state index contributed by atoms with van der Waals surface area (Å²) < 4.78 is 14.6. The minimum atomic E-state index is -1.21. The molecule has 0 aliphatic carbocycles. The predicted molar refractivity (Wildman–Crippen MR) is 59.3 cm³/mol. The molecule has 17 heavy (non-hydrogen) atoms. The summed E-state index contributed by atoms with van der Waals surface area (Å²) in [5.74, 6) is -0.758. The maximum atomic E-state index is 11.8. The molecule has 0 amide bonds. The highest BCUT2D eigenvalue weighted by atomic mass is 16.8. The van der Waals surface area contributed by atoms with Crippen molar-refractivity contribution in [2.24, 2.45) is 0 Å². The highest BCUT2D eigenvalue weighted by molar-refractivity contribution is 5.88. The Morgan fingerprint density at radius 3 is 2.35 bits per heavy atom. The van der Waals surface area contributed by atoms with Gasteiger partial charge in [-0.15, -0.1) is 0 Å². The topological polar surface area (TPSA) is 73.9 Å². The Morgan fingerprint density at radius 1 is 1.29 bits per heavy atom. The summed E-state index contributed by atoms with van der Waals surface area (Å²) in [6, 6.07) is 0. The molecule has 98 valence electrons. The van der Waals surface area contributed by atoms with Gasteiger partial charge in [-0.1, -0.05) is 0 Å². The van der Waals surface area contributed by atoms with Crippen LogP contribution in [-0.2, 0) is 19.0 Å². The summed E-state index contributed by atoms with van der Waals surface area (Å²) >= 11 is 0. The van der Waals surface area contributed by atoms with Gasteiger partial charge in [0.1, 0.15) is 5.60 Å². The molecule has 0 bridgehead atoms. The number of ether oxygens (including phenoxy) is 3. The lowest BCUT2D eigenvalue weighted by Gasteiger charge is -2.25. The molecule has 0 saturated carbocycles. The Balaban J connectivity index is 2.56. The van der Waals surface area contributed by atoms with Crippen molar-refractivity contribution in [3.05, 3.63) is 0 Å². The first kappa shape index (κ1) is 13.9. The molecule has 1 N–H and O–H groups in total. The molecule has 1 saturated heterocycles. The van der Waals surface area contributed by atoms with E-state index in [9.17, 15) is 9.59 Å². The van der Waals surface area contributed by atoms with Crippen molar-refractivity contribution in [2.75, 3.05) is 13.7 Å². The van der Waals surface area contributed by atoms with Crippen LogP contribution in [0, 0.1) is 0 Å². The Labute approximate surface area is 101 Å². The number of methoxy groups -OCH3 is 1. The van der Waals surface area contributed by atoms with Gasteiger partial charge in [-0.3, -0.25) is 5.32 Å². The van der Waals surface area contributed by atoms with Crippen LogP contribution in [-0.4, -0.2) is 37.1 Å². The van der Waals surface area contributed by atoms with Gasteiger partial charge in [0.25, 0.3) is 0 Å². The summed E-state index contributed by atoms with van der Waals surface area (Å²) in [6.07, 6.45) is 0.259. The van der Waals surface area contributed by atoms with Gasteiger partial charge in [0, 0.05) is 13.5 Å². The Kier molecular flexibility index (Phi) is 4.11. The lowest BCUT2D eigenvalue weighted by molar-refractivity contribution is -0.168. The highest BCUT2D eigenvalue weighted by Crippen LogP contribution is 2.22. The number of hydrogen-bond acceptors (Lipinski definition) is 6. The van der Waals surface area contributed by atoms with Crippen LogP contribution in [0.5, 0.6) is 0 Å². The van der Waals surface area contributed by atoms with Gasteiger partial charge in [0.2, 0.25) is 5.72 Å². The fourth-order valence-corrected chi connectivity index (χ4v) is 1.58. The van der Waals surface area contributed by atoms with E-state index in [0.29, 0.717) is 13.0 Å². The third kappa shape index (κ3) is 3.67. The van der Waals surface area contributed by atoms with E-state index < -0.39 is 23.5 Å². The van der Waals surface area contributed by atoms with Crippen molar-refractivity contribution >= 4 is 12.1 Å². The molecule has 0 radical (unpaired) electrons. The van der Waals surface area contributed by atoms with Gasteiger partial charge < -0.3 is 14.2 Å². The van der Waals surface area contributed by atoms with Crippen LogP contribution >= 0.6 is 0 Å². The van der Waals surface area contributed by atoms with Crippen LogP contribution in [0.2, 0.25) is 0 Å². The van der Waals surface area contributed by atoms with E-state index in [1.807, 2.05) is 0 Å². The van der Waals surface area contributed by atoms with Gasteiger partial charge in [-0.2, -0.15) is 0 Å². The normalized spacial score (nSPS) is 24.5. The number of esters is 1. The second-order valence-corrected chi connectivity index (χ2v) is 4.92. The van der Waals surface area contributed by atoms with E-state index in [-0.39, 0.29) is 0 Å². The van der Waals surface area contributed by atoms with Crippen LogP contribution in [0.3, 0.4) is 0 Å². The van der Waals surface area contributed by atoms with Gasteiger partial charge in [0.15, 0.2) is 0 Å². The molecular weight excluding hydrogens is 226 g/mol. The van der Waals surface area contributed by atoms with E-state index in [0.717, 1.165) is 6.42 Å². The third-order valence-electron chi connectivity index (χ3n) is 2.36. The molecule has 0 aromatic heterocycles. The molecule has 1 rings (SSSR count). The Hall–Kier alpha value is -1.14. The average molecular weight is 245 g/mol. The molecule has 0 aromatic carbocycles. The van der Waals surface area contributed by atoms with Crippen molar-refractivity contribution in [3.8, 4) is 0 Å². The smallest absolute Gasteiger partial charge is 0.428 e. The zero-order valence-corrected chi connectivity index (χ0v) is 10.7. The van der Waals surface area contributed by atoms with Crippen molar-refractivity contribution in [1.29, 1.82) is 0 Å². The number of carbonyl (C=O) groups excluding carboxylic acids is 2. The van der Waals surface area contributed by atoms with E-state index in [1.165, 1.54) is 7.11 Å². The Bertz CT molecular complexity index is 301. The van der Waals surface area contributed by atoms with Gasteiger partial charge in [-0.05, 0) is 33.7 Å². The minimum absolute atomic E-state index is 0.477. The summed E-state index contributed by atoms with van der Waals surface area (Å²) in [5, 5.41) is 2.88. The highest BCUT2D eigenvalue weighted by Gasteiger charge is 2.44. The number of hydrogen-bond donors (Lipinski definition) is 1. The molecule has 6 nitrogen and oxygen atoms in total. The van der Waals surface area contributed by atoms with Gasteiger partial charge in [0.05, 0.1) is 0 Å². The molecule has 0 unspecified atom stereocenters. The first-order valence-electron chi connectivity index (χ1n) is 5.54. The van der Waals surface area contributed by atoms with Crippen molar-refractivity contribution < 1.29 is 23.8 Å². The van der Waals surface area contributed by atoms with Crippen molar-refractivity contribution in [3.63, 3.8) is 0 Å². The van der Waals surface area contributed by atoms with E-state index >= 15 is 0 Å². The molecule has 1 aliphatic rings. The largest absolute Gasteiger partial charge is 0.516 e. The lowest BCUT2D eigenvalue weighted by Crippen LogP contribution is -2.51. The molecule has 0 spiro atoms. The SMILES string of the molecule is CO[C@@]1(C(=O)OC(=O)OC(C)(C)C)CCCN1. The van der Waals surface area contributed by atoms with Crippen molar-refractivity contribution in [2.45, 2.75) is 44.9 Å². The molecular formula is C11H19NO5. The Morgan fingerprint density at radius 2 is 1.94 bits per heavy atom. The number of carbonyl (C=O) groups is 2. The summed E-state index contributed by atoms with van der Waals surface area (Å²) in [4.78, 5) is 23.1. The van der Waals surface area contributed by atoms with Crippen LogP contribution < -0.4 is 5.32 Å². The standard InChI is InChI=1S/C11H19NO5/c1-10(2,3)17-9(14)16-8(13)11(15-4)6-5-7-12-11/h12H,5-7H2,1-4H3/t11-/m1/s1. The predicted octanol–water partition coefficient (Wildman–Crippen LogP) is 1.19. The zero-order valence-electron chi connectivity index (χ0n) is 10.7. The van der Waals surface area contributed by atoms with E-state index in [4.69, 9.17) is 9.47 Å². The van der Waals surface area contributed by atoms with Crippen LogP contribution in [0.15, 0.2) is 0 Å². The monoisotopic (exact) mass is 245 g/mol. The first-order chi connectivity index (χ1) is 7.79. The molecule has 1 fully saturated rings. The maximum Gasteiger partial charge on any atom is 0.516 e. The number of nitrogens with one attached hydrogen (secondary N) is 1. The average Bonchev–Trinajstić information content (AvgIpc) is 2.63. The summed E-state index contributed by atoms with van der Waals surface area (Å²) in [7, 11) is 1.40. The number of rotatable bonds is 2. The lowest BCUT2D eigenvalue weighted by atomic mass is 10.2. The van der Waals surface area contributed by atoms with E-state index in [1.54, 1.807) is 20.8 Å². The maximum absolute atomic E-state index is 11.8. The quantitative estimate of drug-likeness (QED) is 0.582. The van der Waals surface area contributed by atoms with Crippen LogP contribution in [0.4, 0.5) is 4.79 Å². The van der Waals surface area contributed by atoms with Gasteiger partial charge in [-0.25, -0.2) is 9.59 Å². The molecule has 1 atom stereocenters. The molecule has 0 aromatic rings. The fourth-order valence-electron chi connectivity index (χ4n) is 1.58. The summed E-state index contributed by atoms with van der Waals surface area (Å²) in [6.45, 7) is 5.73. The fraction of sp³-hybridized carbons (Fsp3) is 0.818. The van der Waals surface area contributed by atoms with Crippen molar-refractivity contribution in [1.82, 2.24) is 5.32 Å². The zero-order chi connectivity index (χ0) is 13.1. The molecule has 1 aliphatic heterocycles. The molecule has 6 heteroatoms. The first-order valence-corrected chi connectivity index (χ1v) is 5.54. The second kappa shape index (κ2) is 5.01. The molecule has 1 heterocycles. The van der Waals surface area contributed by atoms with Gasteiger partial charge >= 0.3 is 12.1 Å². The van der Waals surface area contributed by atoms with Crippen LogP contribution in [0.1, 0.15) is 33.6 Å². The minimum Gasteiger partial charge on any atom is -0.428 e. The van der Waals surface area contributed by atoms with E-state index in [2.05, 4.69) is 10.1 Å². The van der Waals surface area contributed by atoms with Crippen LogP contribution in [0.25, 0.3) is 0 Å².